The van der Waals surface area contributed by atoms with Crippen molar-refractivity contribution in [2.75, 3.05) is 7.11 Å². The molecule has 0 fully saturated rings. The van der Waals surface area contributed by atoms with Gasteiger partial charge in [-0.15, -0.1) is 0 Å². The maximum absolute atomic E-state index is 13.4. The van der Waals surface area contributed by atoms with Crippen LogP contribution < -0.4 is 15.0 Å². The number of carboxylic acids is 1. The number of methoxy groups -OCH3 is 1. The molecule has 0 radical (unpaired) electrons. The highest BCUT2D eigenvalue weighted by atomic mass is 79.9. The number of hydrogen-bond donors (Lipinski definition) is 1. The van der Waals surface area contributed by atoms with Crippen molar-refractivity contribution in [2.24, 2.45) is 5.10 Å². The quantitative estimate of drug-likeness (QED) is 0.251. The molecule has 10 heteroatoms. The summed E-state index contributed by atoms with van der Waals surface area (Å²) in [5.74, 6) is 0.151. The second-order valence-electron chi connectivity index (χ2n) is 9.54. The number of halogens is 2. The minimum atomic E-state index is -1.02. The molecular formula is C28H25BrClN3O5. The lowest BCUT2D eigenvalue weighted by molar-refractivity contribution is 0.0696. The molecule has 0 aliphatic heterocycles. The van der Waals surface area contributed by atoms with Gasteiger partial charge in [-0.25, -0.2) is 9.78 Å². The van der Waals surface area contributed by atoms with E-state index in [4.69, 9.17) is 26.1 Å². The summed E-state index contributed by atoms with van der Waals surface area (Å²) >= 11 is 9.94. The highest BCUT2D eigenvalue weighted by Crippen LogP contribution is 2.36. The van der Waals surface area contributed by atoms with E-state index < -0.39 is 11.4 Å². The number of fused-ring (bicyclic) bond motifs is 1. The van der Waals surface area contributed by atoms with Gasteiger partial charge in [0, 0.05) is 9.89 Å². The molecule has 0 saturated carbocycles. The molecule has 4 aromatic rings. The molecule has 3 aromatic carbocycles. The van der Waals surface area contributed by atoms with E-state index in [1.54, 1.807) is 36.4 Å². The van der Waals surface area contributed by atoms with E-state index in [9.17, 15) is 14.7 Å². The van der Waals surface area contributed by atoms with Crippen molar-refractivity contribution in [3.8, 4) is 11.5 Å². The van der Waals surface area contributed by atoms with Gasteiger partial charge in [0.05, 0.1) is 34.8 Å². The monoisotopic (exact) mass is 597 g/mol. The second kappa shape index (κ2) is 11.0. The van der Waals surface area contributed by atoms with Crippen LogP contribution in [0.1, 0.15) is 48.1 Å². The Labute approximate surface area is 232 Å². The zero-order valence-corrected chi connectivity index (χ0v) is 23.5. The summed E-state index contributed by atoms with van der Waals surface area (Å²) in [6.45, 7) is 5.98. The van der Waals surface area contributed by atoms with E-state index in [1.165, 1.54) is 30.1 Å². The third-order valence-corrected chi connectivity index (χ3v) is 6.38. The van der Waals surface area contributed by atoms with Crippen LogP contribution >= 0.6 is 27.5 Å². The first-order valence-corrected chi connectivity index (χ1v) is 12.7. The molecular weight excluding hydrogens is 574 g/mol. The Morgan fingerprint density at radius 3 is 2.63 bits per heavy atom. The molecule has 196 valence electrons. The van der Waals surface area contributed by atoms with Crippen LogP contribution in [0.3, 0.4) is 0 Å². The van der Waals surface area contributed by atoms with Crippen molar-refractivity contribution in [1.29, 1.82) is 0 Å². The van der Waals surface area contributed by atoms with E-state index in [0.717, 1.165) is 4.47 Å². The van der Waals surface area contributed by atoms with Crippen molar-refractivity contribution < 1.29 is 19.4 Å². The highest BCUT2D eigenvalue weighted by molar-refractivity contribution is 9.10. The van der Waals surface area contributed by atoms with Crippen molar-refractivity contribution in [3.63, 3.8) is 0 Å². The SMILES string of the molecule is COc1cc(C=Nn2c(C(C)(C)C)nc3ccc(Br)cc3c2=O)cc(Cl)c1OCc1cccc(C(=O)O)c1. The number of nitrogens with zero attached hydrogens (tertiary/aromatic N) is 3. The van der Waals surface area contributed by atoms with Crippen molar-refractivity contribution in [3.05, 3.63) is 97.0 Å². The van der Waals surface area contributed by atoms with Gasteiger partial charge in [-0.1, -0.05) is 60.4 Å². The van der Waals surface area contributed by atoms with Gasteiger partial charge in [-0.3, -0.25) is 4.79 Å². The molecule has 0 saturated heterocycles. The third-order valence-electron chi connectivity index (χ3n) is 5.61. The average Bonchev–Trinajstić information content (AvgIpc) is 2.87. The lowest BCUT2D eigenvalue weighted by Crippen LogP contribution is -2.29. The number of aromatic carboxylic acids is 1. The smallest absolute Gasteiger partial charge is 0.335 e. The average molecular weight is 599 g/mol. The molecule has 1 heterocycles. The Morgan fingerprint density at radius 1 is 1.18 bits per heavy atom. The van der Waals surface area contributed by atoms with Crippen LogP contribution in [0.25, 0.3) is 10.9 Å². The lowest BCUT2D eigenvalue weighted by atomic mass is 9.95. The molecule has 1 N–H and O–H groups in total. The summed E-state index contributed by atoms with van der Waals surface area (Å²) in [6, 6.07) is 15.1. The molecule has 0 amide bonds. The van der Waals surface area contributed by atoms with E-state index in [-0.39, 0.29) is 22.8 Å². The molecule has 0 spiro atoms. The molecule has 38 heavy (non-hydrogen) atoms. The van der Waals surface area contributed by atoms with Gasteiger partial charge >= 0.3 is 5.97 Å². The van der Waals surface area contributed by atoms with Gasteiger partial charge in [-0.05, 0) is 53.6 Å². The Kier molecular flexibility index (Phi) is 7.89. The molecule has 1 aromatic heterocycles. The van der Waals surface area contributed by atoms with Crippen LogP contribution in [0.15, 0.2) is 69.0 Å². The molecule has 0 aliphatic rings. The Morgan fingerprint density at radius 2 is 1.95 bits per heavy atom. The van der Waals surface area contributed by atoms with E-state index in [0.29, 0.717) is 39.4 Å². The van der Waals surface area contributed by atoms with Gasteiger partial charge in [0.15, 0.2) is 11.5 Å². The maximum Gasteiger partial charge on any atom is 0.335 e. The number of rotatable bonds is 7. The maximum atomic E-state index is 13.4. The van der Waals surface area contributed by atoms with Crippen molar-refractivity contribution in [2.45, 2.75) is 32.8 Å². The van der Waals surface area contributed by atoms with E-state index in [2.05, 4.69) is 21.0 Å². The number of benzene rings is 3. The Hall–Kier alpha value is -3.69. The van der Waals surface area contributed by atoms with Gasteiger partial charge in [0.2, 0.25) is 0 Å². The predicted octanol–water partition coefficient (Wildman–Crippen LogP) is 6.28. The van der Waals surface area contributed by atoms with Crippen LogP contribution in [-0.4, -0.2) is 34.1 Å². The summed E-state index contributed by atoms with van der Waals surface area (Å²) in [6.07, 6.45) is 1.51. The predicted molar refractivity (Wildman–Crippen MR) is 151 cm³/mol. The van der Waals surface area contributed by atoms with Gasteiger partial charge < -0.3 is 14.6 Å². The first-order chi connectivity index (χ1) is 18.0. The summed E-state index contributed by atoms with van der Waals surface area (Å²) in [5.41, 5.74) is 1.25. The van der Waals surface area contributed by atoms with E-state index >= 15 is 0 Å². The zero-order valence-electron chi connectivity index (χ0n) is 21.2. The summed E-state index contributed by atoms with van der Waals surface area (Å²) in [5, 5.41) is 14.4. The number of carboxylic acid groups (broad SMARTS) is 1. The lowest BCUT2D eigenvalue weighted by Gasteiger charge is -2.21. The second-order valence-corrected chi connectivity index (χ2v) is 10.9. The summed E-state index contributed by atoms with van der Waals surface area (Å²) in [7, 11) is 1.48. The first-order valence-electron chi connectivity index (χ1n) is 11.6. The van der Waals surface area contributed by atoms with Crippen molar-refractivity contribution in [1.82, 2.24) is 9.66 Å². The standard InChI is InChI=1S/C28H25BrClN3O5/c1-28(2,3)27-32-22-9-8-19(29)13-20(22)25(34)33(27)31-14-17-11-21(30)24(23(12-17)37-4)38-15-16-6-5-7-18(10-16)26(35)36/h5-14H,15H2,1-4H3,(H,35,36). The number of hydrogen-bond acceptors (Lipinski definition) is 6. The number of aromatic nitrogens is 2. The number of carbonyl (C=O) groups is 1. The normalized spacial score (nSPS) is 11.7. The van der Waals surface area contributed by atoms with Gasteiger partial charge in [0.25, 0.3) is 5.56 Å². The molecule has 0 unspecified atom stereocenters. The van der Waals surface area contributed by atoms with Gasteiger partial charge in [-0.2, -0.15) is 9.78 Å². The molecule has 0 atom stereocenters. The van der Waals surface area contributed by atoms with Crippen LogP contribution in [0.2, 0.25) is 5.02 Å². The zero-order chi connectivity index (χ0) is 27.6. The van der Waals surface area contributed by atoms with Crippen LogP contribution in [-0.2, 0) is 12.0 Å². The number of ether oxygens (including phenoxy) is 2. The van der Waals surface area contributed by atoms with Crippen LogP contribution in [0, 0.1) is 0 Å². The Bertz CT molecular complexity index is 1630. The van der Waals surface area contributed by atoms with Crippen LogP contribution in [0.4, 0.5) is 0 Å². The molecule has 8 nitrogen and oxygen atoms in total. The fraction of sp³-hybridized carbons (Fsp3) is 0.214. The summed E-state index contributed by atoms with van der Waals surface area (Å²) < 4.78 is 13.4. The molecule has 4 rings (SSSR count). The molecule has 0 bridgehead atoms. The van der Waals surface area contributed by atoms with Gasteiger partial charge in [0.1, 0.15) is 12.4 Å². The fourth-order valence-corrected chi connectivity index (χ4v) is 4.40. The highest BCUT2D eigenvalue weighted by Gasteiger charge is 2.23. The van der Waals surface area contributed by atoms with E-state index in [1.807, 2.05) is 26.8 Å². The van der Waals surface area contributed by atoms with Crippen LogP contribution in [0.5, 0.6) is 11.5 Å². The van der Waals surface area contributed by atoms with Crippen molar-refractivity contribution >= 4 is 50.6 Å². The minimum absolute atomic E-state index is 0.0906. The third kappa shape index (κ3) is 5.89. The largest absolute Gasteiger partial charge is 0.493 e. The fourth-order valence-electron chi connectivity index (χ4n) is 3.77. The minimum Gasteiger partial charge on any atom is -0.493 e. The summed E-state index contributed by atoms with van der Waals surface area (Å²) in [4.78, 5) is 29.3. The molecule has 0 aliphatic carbocycles. The topological polar surface area (TPSA) is 103 Å². The first kappa shape index (κ1) is 27.3. The Balaban J connectivity index is 1.69.